The average Bonchev–Trinajstić information content (AvgIpc) is 3.44. The van der Waals surface area contributed by atoms with Gasteiger partial charge in [0.15, 0.2) is 0 Å². The van der Waals surface area contributed by atoms with Crippen LogP contribution in [0.2, 0.25) is 0 Å². The molecular weight excluding hydrogens is 556 g/mol. The van der Waals surface area contributed by atoms with Gasteiger partial charge in [0.05, 0.1) is 12.2 Å². The van der Waals surface area contributed by atoms with E-state index in [0.29, 0.717) is 12.1 Å². The smallest absolute Gasteiger partial charge is 0.0541 e. The minimum absolute atomic E-state index is 0.0813. The van der Waals surface area contributed by atoms with Gasteiger partial charge in [0.2, 0.25) is 0 Å². The van der Waals surface area contributed by atoms with Crippen LogP contribution in [-0.4, -0.2) is 31.6 Å². The summed E-state index contributed by atoms with van der Waals surface area (Å²) in [5, 5.41) is 21.7. The molecule has 2 aliphatic carbocycles. The second-order valence-electron chi connectivity index (χ2n) is 9.78. The molecule has 2 aliphatic rings. The van der Waals surface area contributed by atoms with E-state index in [1.165, 1.54) is 21.8 Å². The Kier molecular flexibility index (Phi) is 7.49. The van der Waals surface area contributed by atoms with Gasteiger partial charge >= 0.3 is 0 Å². The van der Waals surface area contributed by atoms with Crippen molar-refractivity contribution >= 4 is 53.7 Å². The van der Waals surface area contributed by atoms with E-state index in [1.807, 2.05) is 0 Å². The van der Waals surface area contributed by atoms with Gasteiger partial charge < -0.3 is 19.3 Å². The van der Waals surface area contributed by atoms with Gasteiger partial charge in [-0.3, -0.25) is 0 Å². The summed E-state index contributed by atoms with van der Waals surface area (Å²) in [5.74, 6) is 0. The Morgan fingerprint density at radius 3 is 1.32 bits per heavy atom. The molecule has 0 aliphatic heterocycles. The van der Waals surface area contributed by atoms with Crippen LogP contribution in [0.3, 0.4) is 0 Å². The number of hydrogen-bond donors (Lipinski definition) is 2. The molecule has 0 bridgehead atoms. The fourth-order valence-electron chi connectivity index (χ4n) is 5.58. The van der Waals surface area contributed by atoms with Gasteiger partial charge in [0.1, 0.15) is 0 Å². The predicted octanol–water partition coefficient (Wildman–Crippen LogP) is 7.76. The minimum Gasteiger partial charge on any atom is -0.393 e. The second kappa shape index (κ2) is 10.6. The molecule has 0 saturated heterocycles. The summed E-state index contributed by atoms with van der Waals surface area (Å²) >= 11 is 7.01. The third-order valence-electron chi connectivity index (χ3n) is 7.48. The van der Waals surface area contributed by atoms with Crippen molar-refractivity contribution in [2.75, 3.05) is 0 Å². The van der Waals surface area contributed by atoms with Crippen molar-refractivity contribution in [2.45, 2.75) is 75.7 Å². The predicted molar refractivity (Wildman–Crippen MR) is 146 cm³/mol. The molecule has 2 N–H and O–H groups in total. The van der Waals surface area contributed by atoms with Crippen molar-refractivity contribution in [1.82, 2.24) is 9.13 Å². The Morgan fingerprint density at radius 1 is 0.559 bits per heavy atom. The molecule has 2 fully saturated rings. The molecule has 6 heteroatoms. The summed E-state index contributed by atoms with van der Waals surface area (Å²) in [6.07, 6.45) is 12.3. The zero-order valence-corrected chi connectivity index (χ0v) is 22.5. The van der Waals surface area contributed by atoms with Gasteiger partial charge in [-0.25, -0.2) is 0 Å². The number of rotatable bonds is 2. The lowest BCUT2D eigenvalue weighted by atomic mass is 9.93. The molecule has 2 heterocycles. The van der Waals surface area contributed by atoms with Gasteiger partial charge in [-0.1, -0.05) is 31.9 Å². The monoisotopic (exact) mass is 586 g/mol. The Labute approximate surface area is 217 Å². The van der Waals surface area contributed by atoms with Crippen LogP contribution in [0.1, 0.15) is 63.5 Å². The molecule has 34 heavy (non-hydrogen) atoms. The number of aliphatic hydroxyl groups is 2. The number of aliphatic hydroxyl groups excluding tert-OH is 2. The largest absolute Gasteiger partial charge is 0.393 e. The van der Waals surface area contributed by atoms with Crippen LogP contribution < -0.4 is 0 Å². The van der Waals surface area contributed by atoms with Crippen LogP contribution in [0, 0.1) is 0 Å². The normalized spacial score (nSPS) is 25.3. The third-order valence-corrected chi connectivity index (χ3v) is 8.47. The van der Waals surface area contributed by atoms with Gasteiger partial charge in [-0.15, -0.1) is 0 Å². The number of hydrogen-bond acceptors (Lipinski definition) is 2. The van der Waals surface area contributed by atoms with E-state index in [1.54, 1.807) is 0 Å². The lowest BCUT2D eigenvalue weighted by Gasteiger charge is -2.27. The first-order valence-electron chi connectivity index (χ1n) is 12.4. The van der Waals surface area contributed by atoms with Crippen molar-refractivity contribution in [3.05, 3.63) is 69.9 Å². The number of nitrogens with zero attached hydrogens (tertiary/aromatic N) is 2. The topological polar surface area (TPSA) is 50.3 Å². The van der Waals surface area contributed by atoms with E-state index in [4.69, 9.17) is 0 Å². The zero-order valence-electron chi connectivity index (χ0n) is 19.3. The molecular formula is C28H32Br2N2O2. The molecule has 0 spiro atoms. The fraction of sp³-hybridized carbons (Fsp3) is 0.429. The van der Waals surface area contributed by atoms with Crippen LogP contribution in [0.4, 0.5) is 0 Å². The minimum atomic E-state index is -0.0813. The van der Waals surface area contributed by atoms with E-state index in [9.17, 15) is 10.2 Å². The highest BCUT2D eigenvalue weighted by atomic mass is 79.9. The molecule has 4 aromatic rings. The van der Waals surface area contributed by atoms with Crippen molar-refractivity contribution in [1.29, 1.82) is 0 Å². The summed E-state index contributed by atoms with van der Waals surface area (Å²) < 4.78 is 6.99. The van der Waals surface area contributed by atoms with Gasteiger partial charge in [0, 0.05) is 55.2 Å². The lowest BCUT2D eigenvalue weighted by molar-refractivity contribution is 0.111. The Hall–Kier alpha value is -1.60. The number of aromatic nitrogens is 2. The average molecular weight is 588 g/mol. The van der Waals surface area contributed by atoms with E-state index < -0.39 is 0 Å². The van der Waals surface area contributed by atoms with Gasteiger partial charge in [-0.05, 0) is 99.9 Å². The van der Waals surface area contributed by atoms with Crippen molar-refractivity contribution in [3.63, 3.8) is 0 Å². The SMILES string of the molecule is OC1CCC(n2ccc3cc(Br)ccc32)CC1.OC1CCC(n2ccc3cc(Br)ccc32)CC1. The van der Waals surface area contributed by atoms with E-state index in [0.717, 1.165) is 60.3 Å². The van der Waals surface area contributed by atoms with Crippen molar-refractivity contribution in [3.8, 4) is 0 Å². The standard InChI is InChI=1S/2C14H16BrNO/c2*15-11-1-6-14-10(9-11)7-8-16(14)12-2-4-13(17)5-3-12/h2*1,6-9,12-13,17H,2-5H2. The van der Waals surface area contributed by atoms with Crippen LogP contribution in [-0.2, 0) is 0 Å². The molecule has 4 nitrogen and oxygen atoms in total. The van der Waals surface area contributed by atoms with Gasteiger partial charge in [0.25, 0.3) is 0 Å². The zero-order chi connectivity index (χ0) is 23.7. The van der Waals surface area contributed by atoms with E-state index in [-0.39, 0.29) is 12.2 Å². The molecule has 2 aromatic heterocycles. The third kappa shape index (κ3) is 5.30. The van der Waals surface area contributed by atoms with Crippen LogP contribution in [0.5, 0.6) is 0 Å². The molecule has 0 atom stereocenters. The maximum atomic E-state index is 9.56. The van der Waals surface area contributed by atoms with Gasteiger partial charge in [-0.2, -0.15) is 0 Å². The summed E-state index contributed by atoms with van der Waals surface area (Å²) in [5.41, 5.74) is 2.60. The molecule has 2 aromatic carbocycles. The first-order valence-corrected chi connectivity index (χ1v) is 13.9. The highest BCUT2D eigenvalue weighted by Crippen LogP contribution is 2.33. The van der Waals surface area contributed by atoms with Crippen LogP contribution in [0.25, 0.3) is 21.8 Å². The molecule has 0 radical (unpaired) electrons. The summed E-state index contributed by atoms with van der Waals surface area (Å²) in [6, 6.07) is 18.3. The van der Waals surface area contributed by atoms with E-state index in [2.05, 4.69) is 102 Å². The quantitative estimate of drug-likeness (QED) is 0.252. The molecule has 0 unspecified atom stereocenters. The molecule has 6 rings (SSSR count). The Morgan fingerprint density at radius 2 is 0.941 bits per heavy atom. The van der Waals surface area contributed by atoms with Crippen LogP contribution >= 0.6 is 31.9 Å². The van der Waals surface area contributed by atoms with E-state index >= 15 is 0 Å². The summed E-state index contributed by atoms with van der Waals surface area (Å²) in [6.45, 7) is 0. The van der Waals surface area contributed by atoms with Crippen LogP contribution in [0.15, 0.2) is 69.9 Å². The first kappa shape index (κ1) is 24.1. The molecule has 0 amide bonds. The lowest BCUT2D eigenvalue weighted by Crippen LogP contribution is -2.20. The first-order chi connectivity index (χ1) is 16.5. The Balaban J connectivity index is 0.000000142. The number of halogens is 2. The molecule has 180 valence electrons. The highest BCUT2D eigenvalue weighted by molar-refractivity contribution is 9.10. The summed E-state index contributed by atoms with van der Waals surface area (Å²) in [4.78, 5) is 0. The number of fused-ring (bicyclic) bond motifs is 2. The second-order valence-corrected chi connectivity index (χ2v) is 11.6. The molecule has 2 saturated carbocycles. The highest BCUT2D eigenvalue weighted by Gasteiger charge is 2.22. The van der Waals surface area contributed by atoms with Crippen molar-refractivity contribution < 1.29 is 10.2 Å². The maximum Gasteiger partial charge on any atom is 0.0541 e. The Bertz CT molecular complexity index is 1150. The number of benzene rings is 2. The summed E-state index contributed by atoms with van der Waals surface area (Å²) in [7, 11) is 0. The maximum absolute atomic E-state index is 9.56. The fourth-order valence-corrected chi connectivity index (χ4v) is 6.34. The van der Waals surface area contributed by atoms with Crippen molar-refractivity contribution in [2.24, 2.45) is 0 Å².